The maximum absolute atomic E-state index is 12.0. The summed E-state index contributed by atoms with van der Waals surface area (Å²) < 4.78 is 5.30. The highest BCUT2D eigenvalue weighted by Gasteiger charge is 2.22. The van der Waals surface area contributed by atoms with Crippen LogP contribution < -0.4 is 4.74 Å². The largest absolute Gasteiger partial charge is 0.490 e. The quantitative estimate of drug-likeness (QED) is 0.795. The van der Waals surface area contributed by atoms with Crippen LogP contribution in [0.4, 0.5) is 0 Å². The number of hydrogen-bond donors (Lipinski definition) is 1. The van der Waals surface area contributed by atoms with Crippen molar-refractivity contribution in [3.8, 4) is 5.75 Å². The van der Waals surface area contributed by atoms with Crippen LogP contribution in [0.25, 0.3) is 0 Å². The normalized spacial score (nSPS) is 11.5. The van der Waals surface area contributed by atoms with Crippen LogP contribution in [0, 0.1) is 0 Å². The number of amides is 1. The van der Waals surface area contributed by atoms with Gasteiger partial charge in [0.1, 0.15) is 18.4 Å². The number of likely N-dealkylation sites (N-methyl/N-ethyl adjacent to an activating group) is 1. The van der Waals surface area contributed by atoms with Crippen LogP contribution in [0.15, 0.2) is 36.9 Å². The van der Waals surface area contributed by atoms with E-state index in [1.807, 2.05) is 0 Å². The number of carbonyl (C=O) groups excluding carboxylic acids is 1. The van der Waals surface area contributed by atoms with Crippen molar-refractivity contribution in [1.82, 2.24) is 4.90 Å². The SMILES string of the molecule is C=CCOc1ccc(C(=O)N(C)C(C)C(=O)O)cc1. The molecule has 1 unspecified atom stereocenters. The summed E-state index contributed by atoms with van der Waals surface area (Å²) >= 11 is 0. The number of benzene rings is 1. The number of hydrogen-bond acceptors (Lipinski definition) is 3. The summed E-state index contributed by atoms with van der Waals surface area (Å²) in [4.78, 5) is 24.0. The molecule has 0 aromatic heterocycles. The summed E-state index contributed by atoms with van der Waals surface area (Å²) in [6, 6.07) is 5.66. The summed E-state index contributed by atoms with van der Waals surface area (Å²) in [6.07, 6.45) is 1.63. The lowest BCUT2D eigenvalue weighted by atomic mass is 10.1. The van der Waals surface area contributed by atoms with E-state index in [0.717, 1.165) is 0 Å². The van der Waals surface area contributed by atoms with Crippen LogP contribution >= 0.6 is 0 Å². The molecule has 0 aliphatic heterocycles. The number of nitrogens with zero attached hydrogens (tertiary/aromatic N) is 1. The molecule has 0 spiro atoms. The fourth-order valence-corrected chi connectivity index (χ4v) is 1.39. The lowest BCUT2D eigenvalue weighted by molar-refractivity contribution is -0.141. The van der Waals surface area contributed by atoms with Gasteiger partial charge in [-0.2, -0.15) is 0 Å². The van der Waals surface area contributed by atoms with Gasteiger partial charge in [-0.3, -0.25) is 4.79 Å². The van der Waals surface area contributed by atoms with Crippen molar-refractivity contribution in [2.75, 3.05) is 13.7 Å². The molecule has 1 rings (SSSR count). The van der Waals surface area contributed by atoms with Gasteiger partial charge in [-0.05, 0) is 31.2 Å². The van der Waals surface area contributed by atoms with E-state index >= 15 is 0 Å². The minimum absolute atomic E-state index is 0.342. The summed E-state index contributed by atoms with van der Waals surface area (Å²) in [6.45, 7) is 5.39. The fourth-order valence-electron chi connectivity index (χ4n) is 1.39. The molecule has 0 bridgehead atoms. The first-order chi connectivity index (χ1) is 8.97. The van der Waals surface area contributed by atoms with Gasteiger partial charge in [0.15, 0.2) is 0 Å². The molecule has 5 heteroatoms. The molecule has 1 amide bonds. The van der Waals surface area contributed by atoms with Crippen LogP contribution in [-0.2, 0) is 4.79 Å². The zero-order valence-electron chi connectivity index (χ0n) is 11.0. The average Bonchev–Trinajstić information content (AvgIpc) is 2.43. The third-order valence-corrected chi connectivity index (χ3v) is 2.73. The molecule has 1 N–H and O–H groups in total. The second-order valence-electron chi connectivity index (χ2n) is 4.05. The first kappa shape index (κ1) is 14.8. The number of aliphatic carboxylic acids is 1. The Labute approximate surface area is 112 Å². The average molecular weight is 263 g/mol. The lowest BCUT2D eigenvalue weighted by Crippen LogP contribution is -2.40. The fraction of sp³-hybridized carbons (Fsp3) is 0.286. The van der Waals surface area contributed by atoms with Gasteiger partial charge in [-0.25, -0.2) is 4.79 Å². The Kier molecular flexibility index (Phi) is 5.11. The Morgan fingerprint density at radius 3 is 2.47 bits per heavy atom. The van der Waals surface area contributed by atoms with Crippen molar-refractivity contribution in [2.24, 2.45) is 0 Å². The monoisotopic (exact) mass is 263 g/mol. The number of ether oxygens (including phenoxy) is 1. The third-order valence-electron chi connectivity index (χ3n) is 2.73. The molecule has 1 aromatic carbocycles. The molecule has 0 radical (unpaired) electrons. The van der Waals surface area contributed by atoms with E-state index < -0.39 is 12.0 Å². The molecule has 0 fully saturated rings. The second kappa shape index (κ2) is 6.58. The van der Waals surface area contributed by atoms with Gasteiger partial charge < -0.3 is 14.7 Å². The van der Waals surface area contributed by atoms with Gasteiger partial charge in [-0.15, -0.1) is 0 Å². The Bertz CT molecular complexity index is 467. The number of carbonyl (C=O) groups is 2. The first-order valence-corrected chi connectivity index (χ1v) is 5.81. The predicted molar refractivity (Wildman–Crippen MR) is 71.3 cm³/mol. The van der Waals surface area contributed by atoms with Crippen molar-refractivity contribution < 1.29 is 19.4 Å². The van der Waals surface area contributed by atoms with E-state index in [1.165, 1.54) is 18.9 Å². The Balaban J connectivity index is 2.77. The molecule has 19 heavy (non-hydrogen) atoms. The minimum atomic E-state index is -1.04. The predicted octanol–water partition coefficient (Wildman–Crippen LogP) is 1.80. The second-order valence-corrected chi connectivity index (χ2v) is 4.05. The highest BCUT2D eigenvalue weighted by Crippen LogP contribution is 2.14. The Morgan fingerprint density at radius 2 is 2.00 bits per heavy atom. The summed E-state index contributed by atoms with van der Waals surface area (Å²) in [5, 5.41) is 8.87. The molecular formula is C14H17NO4. The van der Waals surface area contributed by atoms with Gasteiger partial charge in [0, 0.05) is 12.6 Å². The van der Waals surface area contributed by atoms with Gasteiger partial charge >= 0.3 is 5.97 Å². The van der Waals surface area contributed by atoms with E-state index in [2.05, 4.69) is 6.58 Å². The van der Waals surface area contributed by atoms with Crippen molar-refractivity contribution in [3.63, 3.8) is 0 Å². The van der Waals surface area contributed by atoms with E-state index in [-0.39, 0.29) is 5.91 Å². The highest BCUT2D eigenvalue weighted by atomic mass is 16.5. The van der Waals surface area contributed by atoms with Crippen LogP contribution in [0.1, 0.15) is 17.3 Å². The molecule has 1 aromatic rings. The van der Waals surface area contributed by atoms with E-state index in [1.54, 1.807) is 30.3 Å². The number of rotatable bonds is 6. The molecule has 0 heterocycles. The number of carboxylic acids is 1. The van der Waals surface area contributed by atoms with Gasteiger partial charge in [0.25, 0.3) is 5.91 Å². The van der Waals surface area contributed by atoms with Crippen LogP contribution in [0.3, 0.4) is 0 Å². The molecule has 0 saturated carbocycles. The Morgan fingerprint density at radius 1 is 1.42 bits per heavy atom. The zero-order valence-corrected chi connectivity index (χ0v) is 11.0. The maximum Gasteiger partial charge on any atom is 0.326 e. The maximum atomic E-state index is 12.0. The van der Waals surface area contributed by atoms with E-state index in [9.17, 15) is 9.59 Å². The van der Waals surface area contributed by atoms with Gasteiger partial charge in [0.2, 0.25) is 0 Å². The van der Waals surface area contributed by atoms with Gasteiger partial charge in [-0.1, -0.05) is 12.7 Å². The molecule has 0 aliphatic carbocycles. The van der Waals surface area contributed by atoms with Gasteiger partial charge in [0.05, 0.1) is 0 Å². The molecular weight excluding hydrogens is 246 g/mol. The van der Waals surface area contributed by atoms with Crippen molar-refractivity contribution in [2.45, 2.75) is 13.0 Å². The Hall–Kier alpha value is -2.30. The van der Waals surface area contributed by atoms with Crippen LogP contribution in [-0.4, -0.2) is 41.6 Å². The highest BCUT2D eigenvalue weighted by molar-refractivity contribution is 5.96. The molecule has 1 atom stereocenters. The van der Waals surface area contributed by atoms with E-state index in [4.69, 9.17) is 9.84 Å². The zero-order chi connectivity index (χ0) is 14.4. The topological polar surface area (TPSA) is 66.8 Å². The number of carboxylic acid groups (broad SMARTS) is 1. The van der Waals surface area contributed by atoms with Crippen molar-refractivity contribution >= 4 is 11.9 Å². The molecule has 5 nitrogen and oxygen atoms in total. The minimum Gasteiger partial charge on any atom is -0.490 e. The molecule has 102 valence electrons. The standard InChI is InChI=1S/C14H17NO4/c1-4-9-19-12-7-5-11(6-8-12)13(16)15(3)10(2)14(17)18/h4-8,10H,1,9H2,2-3H3,(H,17,18). The van der Waals surface area contributed by atoms with Crippen molar-refractivity contribution in [1.29, 1.82) is 0 Å². The summed E-state index contributed by atoms with van der Waals surface area (Å²) in [5.74, 6) is -0.752. The van der Waals surface area contributed by atoms with Crippen LogP contribution in [0.5, 0.6) is 5.75 Å². The smallest absolute Gasteiger partial charge is 0.326 e. The lowest BCUT2D eigenvalue weighted by Gasteiger charge is -2.21. The molecule has 0 saturated heterocycles. The van der Waals surface area contributed by atoms with Crippen molar-refractivity contribution in [3.05, 3.63) is 42.5 Å². The molecule has 0 aliphatic rings. The van der Waals surface area contributed by atoms with Crippen LogP contribution in [0.2, 0.25) is 0 Å². The third kappa shape index (κ3) is 3.84. The first-order valence-electron chi connectivity index (χ1n) is 5.81. The summed E-state index contributed by atoms with van der Waals surface area (Å²) in [7, 11) is 1.46. The van der Waals surface area contributed by atoms with E-state index in [0.29, 0.717) is 17.9 Å². The summed E-state index contributed by atoms with van der Waals surface area (Å²) in [5.41, 5.74) is 0.418.